The number of hydrogen-bond donors (Lipinski definition) is 0. The molecule has 0 N–H and O–H groups in total. The van der Waals surface area contributed by atoms with Crippen LogP contribution in [0.2, 0.25) is 0 Å². The summed E-state index contributed by atoms with van der Waals surface area (Å²) in [5.41, 5.74) is 1.31. The fraction of sp³-hybridized carbons (Fsp3) is 0.300. The number of benzene rings is 1. The predicted molar refractivity (Wildman–Crippen MR) is 55.0 cm³/mol. The van der Waals surface area contributed by atoms with Gasteiger partial charge in [0.05, 0.1) is 0 Å². The highest BCUT2D eigenvalue weighted by Crippen LogP contribution is 2.37. The summed E-state index contributed by atoms with van der Waals surface area (Å²) in [7, 11) is 0. The van der Waals surface area contributed by atoms with Gasteiger partial charge in [-0.3, -0.25) is 9.30 Å². The monoisotopic (exact) mass is 190 g/mol. The standard InChI is InChI=1S/C10H10N2S/c1-2-5-9-8(4-1)10-11-6-3-7-12(10)13-9/h1-2,4-5H,3,6-7H2. The largest absolute Gasteiger partial charge is 0.296 e. The van der Waals surface area contributed by atoms with Gasteiger partial charge in [-0.05, 0) is 24.4 Å². The Morgan fingerprint density at radius 1 is 1.31 bits per heavy atom. The number of fused-ring (bicyclic) bond motifs is 3. The van der Waals surface area contributed by atoms with Crippen LogP contribution in [0.4, 0.5) is 0 Å². The summed E-state index contributed by atoms with van der Waals surface area (Å²) in [6.45, 7) is 2.12. The number of nitrogens with zero attached hydrogens (tertiary/aromatic N) is 2. The van der Waals surface area contributed by atoms with E-state index in [4.69, 9.17) is 0 Å². The van der Waals surface area contributed by atoms with Crippen LogP contribution in [0.3, 0.4) is 0 Å². The molecule has 0 aliphatic carbocycles. The average molecular weight is 190 g/mol. The first-order chi connectivity index (χ1) is 6.45. The number of rotatable bonds is 0. The molecule has 0 saturated heterocycles. The summed E-state index contributed by atoms with van der Waals surface area (Å²) < 4.78 is 2.30. The Balaban J connectivity index is 2.13. The maximum atomic E-state index is 4.55. The second kappa shape index (κ2) is 2.77. The van der Waals surface area contributed by atoms with Crippen molar-refractivity contribution in [2.24, 2.45) is 4.99 Å². The van der Waals surface area contributed by atoms with Crippen molar-refractivity contribution in [3.63, 3.8) is 0 Å². The Morgan fingerprint density at radius 3 is 3.23 bits per heavy atom. The first-order valence-corrected chi connectivity index (χ1v) is 5.32. The van der Waals surface area contributed by atoms with Crippen molar-refractivity contribution < 1.29 is 0 Å². The van der Waals surface area contributed by atoms with Gasteiger partial charge < -0.3 is 0 Å². The molecule has 3 heteroatoms. The fourth-order valence-electron chi connectivity index (χ4n) is 1.74. The molecule has 2 aliphatic rings. The maximum absolute atomic E-state index is 4.55. The molecule has 2 aliphatic heterocycles. The third kappa shape index (κ3) is 1.07. The molecule has 0 bridgehead atoms. The second-order valence-electron chi connectivity index (χ2n) is 3.25. The van der Waals surface area contributed by atoms with Crippen molar-refractivity contribution in [3.8, 4) is 0 Å². The Kier molecular flexibility index (Phi) is 1.59. The maximum Gasteiger partial charge on any atom is 0.142 e. The molecule has 0 unspecified atom stereocenters. The highest BCUT2D eigenvalue weighted by atomic mass is 32.2. The van der Waals surface area contributed by atoms with Gasteiger partial charge in [-0.2, -0.15) is 0 Å². The Bertz CT molecular complexity index is 373. The minimum absolute atomic E-state index is 0.987. The minimum Gasteiger partial charge on any atom is -0.296 e. The van der Waals surface area contributed by atoms with E-state index in [1.807, 2.05) is 11.9 Å². The smallest absolute Gasteiger partial charge is 0.142 e. The zero-order chi connectivity index (χ0) is 8.67. The van der Waals surface area contributed by atoms with Crippen molar-refractivity contribution in [1.29, 1.82) is 0 Å². The molecule has 0 amide bonds. The van der Waals surface area contributed by atoms with Crippen LogP contribution in [0, 0.1) is 0 Å². The van der Waals surface area contributed by atoms with E-state index in [-0.39, 0.29) is 0 Å². The molecule has 0 fully saturated rings. The molecule has 0 saturated carbocycles. The van der Waals surface area contributed by atoms with E-state index in [0.717, 1.165) is 13.1 Å². The van der Waals surface area contributed by atoms with Gasteiger partial charge in [-0.25, -0.2) is 0 Å². The zero-order valence-electron chi connectivity index (χ0n) is 7.23. The minimum atomic E-state index is 0.987. The summed E-state index contributed by atoms with van der Waals surface area (Å²) in [5.74, 6) is 1.19. The van der Waals surface area contributed by atoms with Crippen molar-refractivity contribution >= 4 is 17.8 Å². The molecule has 2 nitrogen and oxygen atoms in total. The van der Waals surface area contributed by atoms with E-state index in [1.54, 1.807) is 0 Å². The Hall–Kier alpha value is -0.960. The summed E-state index contributed by atoms with van der Waals surface area (Å²) in [5, 5.41) is 0. The summed E-state index contributed by atoms with van der Waals surface area (Å²) in [4.78, 5) is 5.90. The topological polar surface area (TPSA) is 15.6 Å². The molecule has 0 radical (unpaired) electrons. The lowest BCUT2D eigenvalue weighted by molar-refractivity contribution is 0.603. The summed E-state index contributed by atoms with van der Waals surface area (Å²) in [6, 6.07) is 8.50. The van der Waals surface area contributed by atoms with E-state index < -0.39 is 0 Å². The van der Waals surface area contributed by atoms with Crippen molar-refractivity contribution in [1.82, 2.24) is 4.31 Å². The van der Waals surface area contributed by atoms with Crippen LogP contribution < -0.4 is 0 Å². The van der Waals surface area contributed by atoms with Gasteiger partial charge >= 0.3 is 0 Å². The Morgan fingerprint density at radius 2 is 2.23 bits per heavy atom. The molecule has 13 heavy (non-hydrogen) atoms. The van der Waals surface area contributed by atoms with E-state index in [2.05, 4.69) is 33.6 Å². The van der Waals surface area contributed by atoms with E-state index in [1.165, 1.54) is 22.7 Å². The van der Waals surface area contributed by atoms with Gasteiger partial charge in [-0.15, -0.1) is 0 Å². The number of amidine groups is 1. The van der Waals surface area contributed by atoms with Crippen LogP contribution in [0.1, 0.15) is 12.0 Å². The highest BCUT2D eigenvalue weighted by Gasteiger charge is 2.27. The van der Waals surface area contributed by atoms with Gasteiger partial charge in [0.2, 0.25) is 0 Å². The van der Waals surface area contributed by atoms with E-state index >= 15 is 0 Å². The summed E-state index contributed by atoms with van der Waals surface area (Å²) >= 11 is 1.82. The van der Waals surface area contributed by atoms with Gasteiger partial charge in [0.25, 0.3) is 0 Å². The van der Waals surface area contributed by atoms with E-state index in [0.29, 0.717) is 0 Å². The molecule has 3 rings (SSSR count). The van der Waals surface area contributed by atoms with Crippen LogP contribution in [0.5, 0.6) is 0 Å². The molecule has 1 aromatic carbocycles. The molecular formula is C10H10N2S. The average Bonchev–Trinajstić information content (AvgIpc) is 2.56. The second-order valence-corrected chi connectivity index (χ2v) is 4.31. The van der Waals surface area contributed by atoms with Gasteiger partial charge in [0, 0.05) is 23.5 Å². The SMILES string of the molecule is c1ccc2c(c1)SN1CCCN=C21. The number of hydrogen-bond acceptors (Lipinski definition) is 3. The van der Waals surface area contributed by atoms with Gasteiger partial charge in [0.1, 0.15) is 5.84 Å². The third-order valence-electron chi connectivity index (χ3n) is 2.35. The quantitative estimate of drug-likeness (QED) is 0.583. The fourth-order valence-corrected chi connectivity index (χ4v) is 2.84. The van der Waals surface area contributed by atoms with Gasteiger partial charge in [-0.1, -0.05) is 18.2 Å². The molecule has 1 aromatic rings. The van der Waals surface area contributed by atoms with Gasteiger partial charge in [0.15, 0.2) is 0 Å². The lowest BCUT2D eigenvalue weighted by Crippen LogP contribution is -2.26. The van der Waals surface area contributed by atoms with Crippen molar-refractivity contribution in [3.05, 3.63) is 29.8 Å². The zero-order valence-corrected chi connectivity index (χ0v) is 8.05. The van der Waals surface area contributed by atoms with E-state index in [9.17, 15) is 0 Å². The first kappa shape index (κ1) is 7.44. The number of aliphatic imine (C=N–C) groups is 1. The molecule has 2 heterocycles. The van der Waals surface area contributed by atoms with Crippen LogP contribution in [-0.2, 0) is 0 Å². The highest BCUT2D eigenvalue weighted by molar-refractivity contribution is 7.98. The first-order valence-electron chi connectivity index (χ1n) is 4.54. The molecule has 0 spiro atoms. The van der Waals surface area contributed by atoms with Crippen LogP contribution in [0.15, 0.2) is 34.2 Å². The molecule has 66 valence electrons. The van der Waals surface area contributed by atoms with Crippen molar-refractivity contribution in [2.45, 2.75) is 11.3 Å². The summed E-state index contributed by atoms with van der Waals surface area (Å²) in [6.07, 6.45) is 1.19. The molecule has 0 atom stereocenters. The Labute approximate surface area is 81.8 Å². The lowest BCUT2D eigenvalue weighted by atomic mass is 10.2. The van der Waals surface area contributed by atoms with Crippen LogP contribution >= 0.6 is 11.9 Å². The van der Waals surface area contributed by atoms with Crippen molar-refractivity contribution in [2.75, 3.05) is 13.1 Å². The molecular weight excluding hydrogens is 180 g/mol. The van der Waals surface area contributed by atoms with Crippen LogP contribution in [-0.4, -0.2) is 23.2 Å². The normalized spacial score (nSPS) is 19.4. The predicted octanol–water partition coefficient (Wildman–Crippen LogP) is 2.16. The third-order valence-corrected chi connectivity index (χ3v) is 3.48. The lowest BCUT2D eigenvalue weighted by Gasteiger charge is -2.20. The van der Waals surface area contributed by atoms with Crippen LogP contribution in [0.25, 0.3) is 0 Å². The molecule has 0 aromatic heterocycles.